The van der Waals surface area contributed by atoms with Gasteiger partial charge in [0, 0.05) is 49.6 Å². The molecule has 0 atom stereocenters. The molecule has 1 fully saturated rings. The van der Waals surface area contributed by atoms with Gasteiger partial charge in [-0.25, -0.2) is 0 Å². The molecule has 4 rings (SSSR count). The van der Waals surface area contributed by atoms with E-state index in [-0.39, 0.29) is 11.6 Å². The van der Waals surface area contributed by atoms with E-state index in [1.807, 2.05) is 30.3 Å². The van der Waals surface area contributed by atoms with Crippen molar-refractivity contribution in [1.82, 2.24) is 20.1 Å². The maximum absolute atomic E-state index is 12.9. The number of hydrogen-bond acceptors (Lipinski definition) is 7. The average molecular weight is 404 g/mol. The Morgan fingerprint density at radius 2 is 1.77 bits per heavy atom. The quantitative estimate of drug-likeness (QED) is 0.486. The molecule has 1 aromatic carbocycles. The van der Waals surface area contributed by atoms with Crippen molar-refractivity contribution in [2.75, 3.05) is 31.1 Å². The average Bonchev–Trinajstić information content (AvgIpc) is 2.79. The van der Waals surface area contributed by atoms with E-state index in [1.54, 1.807) is 30.2 Å². The lowest BCUT2D eigenvalue weighted by Crippen LogP contribution is -2.49. The van der Waals surface area contributed by atoms with Gasteiger partial charge >= 0.3 is 0 Å². The first-order valence-corrected chi connectivity index (χ1v) is 9.58. The Balaban J connectivity index is 1.42. The molecule has 0 saturated carbocycles. The Hall–Kier alpha value is -3.88. The number of amides is 1. The number of nitrogens with zero attached hydrogens (tertiary/aromatic N) is 6. The highest BCUT2D eigenvalue weighted by molar-refractivity contribution is 5.96. The molecule has 0 unspecified atom stereocenters. The fourth-order valence-corrected chi connectivity index (χ4v) is 3.51. The summed E-state index contributed by atoms with van der Waals surface area (Å²) in [5.41, 5.74) is 2.19. The third-order valence-corrected chi connectivity index (χ3v) is 5.20. The number of aromatic nitrogens is 3. The largest absolute Gasteiger partial charge is 0.352 e. The lowest BCUT2D eigenvalue weighted by molar-refractivity contribution is -0.385. The molecule has 30 heavy (non-hydrogen) atoms. The fraction of sp³-hybridized carbons (Fsp3) is 0.238. The lowest BCUT2D eigenvalue weighted by Gasteiger charge is -2.35. The number of carbonyl (C=O) groups is 1. The van der Waals surface area contributed by atoms with E-state index in [1.165, 1.54) is 6.07 Å². The summed E-state index contributed by atoms with van der Waals surface area (Å²) in [5.74, 6) is 0.556. The molecule has 3 heterocycles. The van der Waals surface area contributed by atoms with Gasteiger partial charge in [0.25, 0.3) is 11.6 Å². The number of carbonyl (C=O) groups excluding carboxylic acids is 1. The molecule has 1 amide bonds. The van der Waals surface area contributed by atoms with E-state index in [9.17, 15) is 14.9 Å². The van der Waals surface area contributed by atoms with Crippen LogP contribution in [0.25, 0.3) is 11.4 Å². The van der Waals surface area contributed by atoms with Crippen LogP contribution in [0.15, 0.2) is 54.7 Å². The third kappa shape index (κ3) is 3.82. The zero-order chi connectivity index (χ0) is 21.1. The zero-order valence-corrected chi connectivity index (χ0v) is 16.4. The number of piperazine rings is 1. The molecule has 9 nitrogen and oxygen atoms in total. The van der Waals surface area contributed by atoms with Gasteiger partial charge in [0.2, 0.25) is 0 Å². The maximum Gasteiger partial charge on any atom is 0.273 e. The van der Waals surface area contributed by atoms with Gasteiger partial charge in [0.15, 0.2) is 5.82 Å². The minimum absolute atomic E-state index is 0.0391. The number of nitro benzene ring substituents is 1. The van der Waals surface area contributed by atoms with Crippen LogP contribution in [0, 0.1) is 17.0 Å². The van der Waals surface area contributed by atoms with Crippen molar-refractivity contribution in [3.05, 3.63) is 76.0 Å². The van der Waals surface area contributed by atoms with Crippen molar-refractivity contribution in [3.63, 3.8) is 0 Å². The van der Waals surface area contributed by atoms with Crippen molar-refractivity contribution < 1.29 is 9.72 Å². The van der Waals surface area contributed by atoms with Crippen molar-refractivity contribution in [2.24, 2.45) is 0 Å². The summed E-state index contributed by atoms with van der Waals surface area (Å²) in [6.45, 7) is 3.84. The smallest absolute Gasteiger partial charge is 0.273 e. The summed E-state index contributed by atoms with van der Waals surface area (Å²) in [5, 5.41) is 19.7. The van der Waals surface area contributed by atoms with Gasteiger partial charge in [-0.15, -0.1) is 10.2 Å². The maximum atomic E-state index is 12.9. The first kappa shape index (κ1) is 19.4. The molecule has 0 radical (unpaired) electrons. The molecule has 3 aromatic rings. The third-order valence-electron chi connectivity index (χ3n) is 5.20. The SMILES string of the molecule is Cc1c(C(=O)N2CCN(c3ccc(-c4ccccn4)nn3)CC2)cccc1[N+](=O)[O-]. The highest BCUT2D eigenvalue weighted by Crippen LogP contribution is 2.23. The van der Waals surface area contributed by atoms with E-state index in [2.05, 4.69) is 20.1 Å². The number of hydrogen-bond donors (Lipinski definition) is 0. The molecule has 0 spiro atoms. The normalized spacial score (nSPS) is 13.9. The molecule has 1 aliphatic rings. The topological polar surface area (TPSA) is 105 Å². The molecule has 9 heteroatoms. The summed E-state index contributed by atoms with van der Waals surface area (Å²) in [7, 11) is 0. The Bertz CT molecular complexity index is 1060. The minimum Gasteiger partial charge on any atom is -0.352 e. The second-order valence-electron chi connectivity index (χ2n) is 6.98. The molecule has 2 aromatic heterocycles. The van der Waals surface area contributed by atoms with E-state index in [4.69, 9.17) is 0 Å². The Labute approximate surface area is 173 Å². The lowest BCUT2D eigenvalue weighted by atomic mass is 10.1. The van der Waals surface area contributed by atoms with Gasteiger partial charge < -0.3 is 9.80 Å². The molecule has 1 aliphatic heterocycles. The summed E-state index contributed by atoms with van der Waals surface area (Å²) in [4.78, 5) is 31.6. The highest BCUT2D eigenvalue weighted by atomic mass is 16.6. The van der Waals surface area contributed by atoms with Crippen molar-refractivity contribution in [3.8, 4) is 11.4 Å². The van der Waals surface area contributed by atoms with Crippen LogP contribution in [0.2, 0.25) is 0 Å². The predicted octanol–water partition coefficient (Wildman–Crippen LogP) is 2.72. The highest BCUT2D eigenvalue weighted by Gasteiger charge is 2.26. The van der Waals surface area contributed by atoms with E-state index >= 15 is 0 Å². The first-order valence-electron chi connectivity index (χ1n) is 9.58. The van der Waals surface area contributed by atoms with Crippen LogP contribution in [-0.2, 0) is 0 Å². The van der Waals surface area contributed by atoms with Gasteiger partial charge in [0.1, 0.15) is 5.69 Å². The number of benzene rings is 1. The number of anilines is 1. The van der Waals surface area contributed by atoms with Gasteiger partial charge in [-0.3, -0.25) is 19.9 Å². The summed E-state index contributed by atoms with van der Waals surface area (Å²) >= 11 is 0. The van der Waals surface area contributed by atoms with Gasteiger partial charge in [0.05, 0.1) is 10.6 Å². The molecule has 0 bridgehead atoms. The standard InChI is InChI=1S/C21H20N6O3/c1-15-16(5-4-7-19(15)27(29)30)21(28)26-13-11-25(12-14-26)20-9-8-18(23-24-20)17-6-2-3-10-22-17/h2-10H,11-14H2,1H3. The second kappa shape index (κ2) is 8.24. The monoisotopic (exact) mass is 404 g/mol. The van der Waals surface area contributed by atoms with Crippen LogP contribution in [0.4, 0.5) is 11.5 Å². The molecular weight excluding hydrogens is 384 g/mol. The van der Waals surface area contributed by atoms with E-state index in [0.29, 0.717) is 43.0 Å². The van der Waals surface area contributed by atoms with Crippen molar-refractivity contribution >= 4 is 17.4 Å². The van der Waals surface area contributed by atoms with Crippen molar-refractivity contribution in [2.45, 2.75) is 6.92 Å². The van der Waals surface area contributed by atoms with Gasteiger partial charge in [-0.2, -0.15) is 0 Å². The van der Waals surface area contributed by atoms with Crippen molar-refractivity contribution in [1.29, 1.82) is 0 Å². The van der Waals surface area contributed by atoms with Crippen LogP contribution in [0.5, 0.6) is 0 Å². The van der Waals surface area contributed by atoms with Crippen LogP contribution in [0.3, 0.4) is 0 Å². The molecule has 1 saturated heterocycles. The predicted molar refractivity (Wildman–Crippen MR) is 111 cm³/mol. The van der Waals surface area contributed by atoms with Crippen LogP contribution in [0.1, 0.15) is 15.9 Å². The molecular formula is C21H20N6O3. The molecule has 152 valence electrons. The Morgan fingerprint density at radius 3 is 2.40 bits per heavy atom. The minimum atomic E-state index is -0.461. The molecule has 0 aliphatic carbocycles. The summed E-state index contributed by atoms with van der Waals surface area (Å²) in [6.07, 6.45) is 1.71. The zero-order valence-electron chi connectivity index (χ0n) is 16.4. The summed E-state index contributed by atoms with van der Waals surface area (Å²) in [6, 6.07) is 14.0. The van der Waals surface area contributed by atoms with Crippen LogP contribution in [-0.4, -0.2) is 57.1 Å². The fourth-order valence-electron chi connectivity index (χ4n) is 3.51. The summed E-state index contributed by atoms with van der Waals surface area (Å²) < 4.78 is 0. The Kier molecular flexibility index (Phi) is 5.34. The van der Waals surface area contributed by atoms with E-state index in [0.717, 1.165) is 11.5 Å². The number of nitro groups is 1. The Morgan fingerprint density at radius 1 is 0.967 bits per heavy atom. The van der Waals surface area contributed by atoms with Crippen LogP contribution >= 0.6 is 0 Å². The van der Waals surface area contributed by atoms with Gasteiger partial charge in [-0.05, 0) is 37.3 Å². The van der Waals surface area contributed by atoms with Crippen LogP contribution < -0.4 is 4.90 Å². The molecule has 0 N–H and O–H groups in total. The first-order chi connectivity index (χ1) is 14.5. The number of rotatable bonds is 4. The van der Waals surface area contributed by atoms with Gasteiger partial charge in [-0.1, -0.05) is 12.1 Å². The second-order valence-corrected chi connectivity index (χ2v) is 6.98. The number of pyridine rings is 1. The van der Waals surface area contributed by atoms with E-state index < -0.39 is 4.92 Å².